The van der Waals surface area contributed by atoms with Gasteiger partial charge in [-0.2, -0.15) is 0 Å². The van der Waals surface area contributed by atoms with Gasteiger partial charge in [0.05, 0.1) is 0 Å². The van der Waals surface area contributed by atoms with Crippen LogP contribution in [-0.4, -0.2) is 16.0 Å². The number of nitrogens with one attached hydrogen (secondary N) is 1. The molecule has 1 aliphatic carbocycles. The molecule has 82 valence electrons. The highest BCUT2D eigenvalue weighted by Gasteiger charge is 2.23. The first-order valence-electron chi connectivity index (χ1n) is 5.17. The normalized spacial score (nSPS) is 15.7. The lowest BCUT2D eigenvalue weighted by Crippen LogP contribution is -2.10. The minimum Gasteiger partial charge on any atom is -0.383 e. The molecule has 0 saturated heterocycles. The van der Waals surface area contributed by atoms with E-state index in [9.17, 15) is 0 Å². The van der Waals surface area contributed by atoms with Crippen molar-refractivity contribution in [1.29, 1.82) is 0 Å². The number of nitrogen functional groups attached to an aromatic ring is 1. The standard InChI is InChI=1S/C10H15BrN4/c1-5(2)9-14-8(12)7(11)10(15-9)13-6-3-4-6/h5-6H,3-4H2,1-2H3,(H3,12,13,14,15). The molecule has 5 heteroatoms. The second kappa shape index (κ2) is 3.96. The number of nitrogens with two attached hydrogens (primary N) is 1. The molecule has 4 nitrogen and oxygen atoms in total. The Labute approximate surface area is 97.8 Å². The Bertz CT molecular complexity index is 374. The van der Waals surface area contributed by atoms with Gasteiger partial charge in [-0.15, -0.1) is 0 Å². The molecule has 15 heavy (non-hydrogen) atoms. The average molecular weight is 271 g/mol. The van der Waals surface area contributed by atoms with E-state index in [1.165, 1.54) is 12.8 Å². The second-order valence-corrected chi connectivity index (χ2v) is 5.00. The lowest BCUT2D eigenvalue weighted by atomic mass is 10.2. The highest BCUT2D eigenvalue weighted by atomic mass is 79.9. The van der Waals surface area contributed by atoms with E-state index in [1.807, 2.05) is 0 Å². The van der Waals surface area contributed by atoms with Crippen molar-refractivity contribution in [2.45, 2.75) is 38.6 Å². The van der Waals surface area contributed by atoms with Crippen molar-refractivity contribution < 1.29 is 0 Å². The van der Waals surface area contributed by atoms with Crippen molar-refractivity contribution in [3.8, 4) is 0 Å². The fourth-order valence-corrected chi connectivity index (χ4v) is 1.55. The molecule has 1 saturated carbocycles. The van der Waals surface area contributed by atoms with E-state index in [2.05, 4.69) is 45.1 Å². The van der Waals surface area contributed by atoms with Crippen molar-refractivity contribution in [3.63, 3.8) is 0 Å². The maximum Gasteiger partial charge on any atom is 0.146 e. The molecule has 0 bridgehead atoms. The fourth-order valence-electron chi connectivity index (χ4n) is 1.26. The summed E-state index contributed by atoms with van der Waals surface area (Å²) in [5.41, 5.74) is 5.82. The zero-order valence-electron chi connectivity index (χ0n) is 8.92. The van der Waals surface area contributed by atoms with Crippen molar-refractivity contribution in [2.24, 2.45) is 0 Å². The first kappa shape index (κ1) is 10.7. The van der Waals surface area contributed by atoms with Crippen molar-refractivity contribution >= 4 is 27.6 Å². The van der Waals surface area contributed by atoms with Crippen LogP contribution < -0.4 is 11.1 Å². The van der Waals surface area contributed by atoms with Gasteiger partial charge in [0.1, 0.15) is 21.9 Å². The molecular weight excluding hydrogens is 256 g/mol. The SMILES string of the molecule is CC(C)c1nc(N)c(Br)c(NC2CC2)n1. The molecular formula is C10H15BrN4. The first-order chi connectivity index (χ1) is 7.08. The number of nitrogens with zero attached hydrogens (tertiary/aromatic N) is 2. The molecule has 0 radical (unpaired) electrons. The fraction of sp³-hybridized carbons (Fsp3) is 0.600. The Morgan fingerprint density at radius 3 is 2.60 bits per heavy atom. The molecule has 0 amide bonds. The van der Waals surface area contributed by atoms with Crippen LogP contribution in [0.3, 0.4) is 0 Å². The van der Waals surface area contributed by atoms with Crippen molar-refractivity contribution in [1.82, 2.24) is 9.97 Å². The monoisotopic (exact) mass is 270 g/mol. The van der Waals surface area contributed by atoms with E-state index in [0.29, 0.717) is 17.8 Å². The van der Waals surface area contributed by atoms with E-state index in [4.69, 9.17) is 5.73 Å². The molecule has 1 heterocycles. The molecule has 3 N–H and O–H groups in total. The van der Waals surface area contributed by atoms with Crippen LogP contribution >= 0.6 is 15.9 Å². The largest absolute Gasteiger partial charge is 0.383 e. The Morgan fingerprint density at radius 2 is 2.07 bits per heavy atom. The third kappa shape index (κ3) is 2.40. The van der Waals surface area contributed by atoms with E-state index in [1.54, 1.807) is 0 Å². The minimum absolute atomic E-state index is 0.292. The Balaban J connectivity index is 2.32. The molecule has 0 spiro atoms. The summed E-state index contributed by atoms with van der Waals surface area (Å²) in [6.07, 6.45) is 2.43. The van der Waals surface area contributed by atoms with Gasteiger partial charge in [0.15, 0.2) is 0 Å². The van der Waals surface area contributed by atoms with Gasteiger partial charge in [-0.3, -0.25) is 0 Å². The summed E-state index contributed by atoms with van der Waals surface area (Å²) in [6, 6.07) is 0.565. The minimum atomic E-state index is 0.292. The van der Waals surface area contributed by atoms with Gasteiger partial charge in [0.25, 0.3) is 0 Å². The molecule has 1 aromatic rings. The first-order valence-corrected chi connectivity index (χ1v) is 5.96. The summed E-state index contributed by atoms with van der Waals surface area (Å²) in [7, 11) is 0. The second-order valence-electron chi connectivity index (χ2n) is 4.20. The van der Waals surface area contributed by atoms with Gasteiger partial charge in [0.2, 0.25) is 0 Å². The number of hydrogen-bond acceptors (Lipinski definition) is 4. The van der Waals surface area contributed by atoms with E-state index in [0.717, 1.165) is 16.1 Å². The maximum absolute atomic E-state index is 5.82. The molecule has 1 fully saturated rings. The summed E-state index contributed by atoms with van der Waals surface area (Å²) in [4.78, 5) is 8.70. The van der Waals surface area contributed by atoms with Crippen LogP contribution in [0.15, 0.2) is 4.47 Å². The Kier molecular flexibility index (Phi) is 2.82. The van der Waals surface area contributed by atoms with Gasteiger partial charge in [-0.1, -0.05) is 13.8 Å². The van der Waals surface area contributed by atoms with E-state index >= 15 is 0 Å². The molecule has 0 aromatic carbocycles. The van der Waals surface area contributed by atoms with E-state index < -0.39 is 0 Å². The van der Waals surface area contributed by atoms with Crippen LogP contribution in [0.4, 0.5) is 11.6 Å². The molecule has 0 atom stereocenters. The highest BCUT2D eigenvalue weighted by Crippen LogP contribution is 2.31. The zero-order valence-corrected chi connectivity index (χ0v) is 10.5. The third-order valence-electron chi connectivity index (χ3n) is 2.33. The maximum atomic E-state index is 5.82. The summed E-state index contributed by atoms with van der Waals surface area (Å²) >= 11 is 3.41. The number of aromatic nitrogens is 2. The quantitative estimate of drug-likeness (QED) is 0.886. The van der Waals surface area contributed by atoms with Crippen LogP contribution in [-0.2, 0) is 0 Å². The Morgan fingerprint density at radius 1 is 1.40 bits per heavy atom. The summed E-state index contributed by atoms with van der Waals surface area (Å²) in [5, 5.41) is 3.34. The van der Waals surface area contributed by atoms with Crippen LogP contribution in [0.1, 0.15) is 38.4 Å². The predicted octanol–water partition coefficient (Wildman–Crippen LogP) is 2.52. The smallest absolute Gasteiger partial charge is 0.146 e. The summed E-state index contributed by atoms with van der Waals surface area (Å²) in [6.45, 7) is 4.12. The van der Waals surface area contributed by atoms with Gasteiger partial charge in [0, 0.05) is 12.0 Å². The van der Waals surface area contributed by atoms with Crippen molar-refractivity contribution in [2.75, 3.05) is 11.1 Å². The number of rotatable bonds is 3. The van der Waals surface area contributed by atoms with E-state index in [-0.39, 0.29) is 0 Å². The number of hydrogen-bond donors (Lipinski definition) is 2. The summed E-state index contributed by atoms with van der Waals surface area (Å²) < 4.78 is 0.777. The summed E-state index contributed by atoms with van der Waals surface area (Å²) in [5.74, 6) is 2.42. The zero-order chi connectivity index (χ0) is 11.0. The average Bonchev–Trinajstić information content (AvgIpc) is 2.96. The lowest BCUT2D eigenvalue weighted by Gasteiger charge is -2.11. The highest BCUT2D eigenvalue weighted by molar-refractivity contribution is 9.10. The lowest BCUT2D eigenvalue weighted by molar-refractivity contribution is 0.775. The van der Waals surface area contributed by atoms with Gasteiger partial charge in [-0.05, 0) is 28.8 Å². The predicted molar refractivity (Wildman–Crippen MR) is 64.9 cm³/mol. The number of anilines is 2. The van der Waals surface area contributed by atoms with Crippen molar-refractivity contribution in [3.05, 3.63) is 10.3 Å². The van der Waals surface area contributed by atoms with Crippen LogP contribution in [0.25, 0.3) is 0 Å². The molecule has 0 unspecified atom stereocenters. The van der Waals surface area contributed by atoms with Crippen LogP contribution in [0.5, 0.6) is 0 Å². The van der Waals surface area contributed by atoms with Crippen LogP contribution in [0.2, 0.25) is 0 Å². The Hall–Kier alpha value is -0.840. The van der Waals surface area contributed by atoms with Gasteiger partial charge < -0.3 is 11.1 Å². The topological polar surface area (TPSA) is 63.8 Å². The molecule has 1 aromatic heterocycles. The van der Waals surface area contributed by atoms with Crippen LogP contribution in [0, 0.1) is 0 Å². The van der Waals surface area contributed by atoms with Gasteiger partial charge >= 0.3 is 0 Å². The molecule has 1 aliphatic rings. The van der Waals surface area contributed by atoms with Gasteiger partial charge in [-0.25, -0.2) is 9.97 Å². The number of halogens is 1. The molecule has 2 rings (SSSR count). The molecule has 0 aliphatic heterocycles. The third-order valence-corrected chi connectivity index (χ3v) is 3.11.